The van der Waals surface area contributed by atoms with Crippen molar-refractivity contribution in [2.75, 3.05) is 0 Å². The molecule has 5 atom stereocenters. The molecule has 1 fully saturated rings. The summed E-state index contributed by atoms with van der Waals surface area (Å²) in [6.45, 7) is 1.52. The van der Waals surface area contributed by atoms with E-state index in [0.717, 1.165) is 0 Å². The summed E-state index contributed by atoms with van der Waals surface area (Å²) in [6, 6.07) is 8.23. The third-order valence-corrected chi connectivity index (χ3v) is 3.04. The van der Waals surface area contributed by atoms with Gasteiger partial charge in [-0.05, 0) is 19.1 Å². The molecule has 1 heterocycles. The van der Waals surface area contributed by atoms with Crippen LogP contribution < -0.4 is 0 Å². The largest absolute Gasteiger partial charge is 0.429 e. The van der Waals surface area contributed by atoms with E-state index in [1.165, 1.54) is 6.92 Å². The summed E-state index contributed by atoms with van der Waals surface area (Å²) < 4.78 is 10.2. The first-order valence-corrected chi connectivity index (χ1v) is 5.96. The van der Waals surface area contributed by atoms with Crippen molar-refractivity contribution in [2.45, 2.75) is 37.6 Å². The maximum atomic E-state index is 11.8. The quantitative estimate of drug-likeness (QED) is 0.636. The van der Waals surface area contributed by atoms with E-state index in [-0.39, 0.29) is 0 Å². The van der Waals surface area contributed by atoms with Crippen LogP contribution in [0, 0.1) is 0 Å². The number of esters is 1. The van der Waals surface area contributed by atoms with E-state index in [9.17, 15) is 20.1 Å². The number of carbonyl (C=O) groups excluding carboxylic acids is 1. The zero-order valence-corrected chi connectivity index (χ0v) is 10.3. The number of rotatable bonds is 2. The van der Waals surface area contributed by atoms with Gasteiger partial charge in [0.1, 0.15) is 18.3 Å². The highest BCUT2D eigenvalue weighted by Crippen LogP contribution is 2.22. The van der Waals surface area contributed by atoms with E-state index >= 15 is 0 Å². The van der Waals surface area contributed by atoms with E-state index < -0.39 is 36.7 Å². The molecular weight excluding hydrogens is 252 g/mol. The zero-order valence-electron chi connectivity index (χ0n) is 10.3. The minimum atomic E-state index is -1.49. The maximum Gasteiger partial charge on any atom is 0.340 e. The second-order valence-corrected chi connectivity index (χ2v) is 4.45. The Morgan fingerprint density at radius 2 is 1.74 bits per heavy atom. The average Bonchev–Trinajstić information content (AvgIpc) is 2.43. The van der Waals surface area contributed by atoms with Gasteiger partial charge in [0.25, 0.3) is 0 Å². The molecule has 0 saturated carbocycles. The van der Waals surface area contributed by atoms with Gasteiger partial charge in [0.2, 0.25) is 6.29 Å². The second kappa shape index (κ2) is 5.66. The summed E-state index contributed by atoms with van der Waals surface area (Å²) in [5, 5.41) is 28.8. The molecule has 1 aromatic carbocycles. The molecule has 0 bridgehead atoms. The molecule has 104 valence electrons. The molecule has 2 rings (SSSR count). The van der Waals surface area contributed by atoms with Crippen LogP contribution in [0.1, 0.15) is 17.3 Å². The minimum Gasteiger partial charge on any atom is -0.429 e. The Balaban J connectivity index is 2.05. The highest BCUT2D eigenvalue weighted by Gasteiger charge is 2.43. The van der Waals surface area contributed by atoms with E-state index in [1.54, 1.807) is 30.3 Å². The van der Waals surface area contributed by atoms with Crippen LogP contribution in [0.4, 0.5) is 0 Å². The van der Waals surface area contributed by atoms with Gasteiger partial charge in [-0.25, -0.2) is 4.79 Å². The Morgan fingerprint density at radius 1 is 1.11 bits per heavy atom. The molecule has 6 nitrogen and oxygen atoms in total. The van der Waals surface area contributed by atoms with E-state index in [0.29, 0.717) is 5.56 Å². The van der Waals surface area contributed by atoms with Crippen molar-refractivity contribution in [1.82, 2.24) is 0 Å². The fourth-order valence-corrected chi connectivity index (χ4v) is 1.86. The number of hydrogen-bond donors (Lipinski definition) is 3. The number of aliphatic hydroxyl groups is 3. The highest BCUT2D eigenvalue weighted by atomic mass is 16.7. The highest BCUT2D eigenvalue weighted by molar-refractivity contribution is 5.89. The van der Waals surface area contributed by atoms with Gasteiger partial charge >= 0.3 is 5.97 Å². The van der Waals surface area contributed by atoms with Crippen LogP contribution in [0.5, 0.6) is 0 Å². The van der Waals surface area contributed by atoms with Crippen molar-refractivity contribution < 1.29 is 29.6 Å². The first-order chi connectivity index (χ1) is 9.00. The zero-order chi connectivity index (χ0) is 14.0. The molecule has 5 unspecified atom stereocenters. The standard InChI is InChI=1S/C13H16O6/c1-7-9(14)10(15)11(16)13(18-7)19-12(17)8-5-3-2-4-6-8/h2-7,9-11,13-16H,1H3. The molecule has 3 N–H and O–H groups in total. The second-order valence-electron chi connectivity index (χ2n) is 4.45. The first kappa shape index (κ1) is 14.0. The Hall–Kier alpha value is -1.47. The average molecular weight is 268 g/mol. The van der Waals surface area contributed by atoms with Crippen LogP contribution in [-0.2, 0) is 9.47 Å². The molecule has 1 aliphatic heterocycles. The lowest BCUT2D eigenvalue weighted by atomic mass is 10.00. The van der Waals surface area contributed by atoms with Gasteiger partial charge in [0.15, 0.2) is 0 Å². The molecule has 0 amide bonds. The lowest BCUT2D eigenvalue weighted by molar-refractivity contribution is -0.276. The Morgan fingerprint density at radius 3 is 2.37 bits per heavy atom. The van der Waals surface area contributed by atoms with Crippen molar-refractivity contribution in [3.05, 3.63) is 35.9 Å². The van der Waals surface area contributed by atoms with E-state index in [1.807, 2.05) is 0 Å². The van der Waals surface area contributed by atoms with Gasteiger partial charge < -0.3 is 24.8 Å². The van der Waals surface area contributed by atoms with Gasteiger partial charge in [0.05, 0.1) is 11.7 Å². The fraction of sp³-hybridized carbons (Fsp3) is 0.462. The predicted octanol–water partition coefficient (Wildman–Crippen LogP) is -0.329. The lowest BCUT2D eigenvalue weighted by Gasteiger charge is -2.38. The minimum absolute atomic E-state index is 0.312. The Labute approximate surface area is 110 Å². The third kappa shape index (κ3) is 2.93. The van der Waals surface area contributed by atoms with E-state index in [2.05, 4.69) is 0 Å². The molecule has 1 aromatic rings. The smallest absolute Gasteiger partial charge is 0.340 e. The molecular formula is C13H16O6. The Kier molecular flexibility index (Phi) is 4.16. The maximum absolute atomic E-state index is 11.8. The molecule has 0 aromatic heterocycles. The summed E-state index contributed by atoms with van der Waals surface area (Å²) >= 11 is 0. The van der Waals surface area contributed by atoms with Crippen molar-refractivity contribution in [3.63, 3.8) is 0 Å². The topological polar surface area (TPSA) is 96.2 Å². The van der Waals surface area contributed by atoms with Gasteiger partial charge in [-0.3, -0.25) is 0 Å². The Bertz CT molecular complexity index is 434. The molecule has 19 heavy (non-hydrogen) atoms. The van der Waals surface area contributed by atoms with Crippen LogP contribution in [-0.4, -0.2) is 52.0 Å². The molecule has 0 aliphatic carbocycles. The summed E-state index contributed by atoms with van der Waals surface area (Å²) in [5.74, 6) is -0.666. The third-order valence-electron chi connectivity index (χ3n) is 3.04. The van der Waals surface area contributed by atoms with Crippen molar-refractivity contribution in [1.29, 1.82) is 0 Å². The molecule has 6 heteroatoms. The predicted molar refractivity (Wildman–Crippen MR) is 64.2 cm³/mol. The number of ether oxygens (including phenoxy) is 2. The van der Waals surface area contributed by atoms with Crippen LogP contribution in [0.2, 0.25) is 0 Å². The number of hydrogen-bond acceptors (Lipinski definition) is 6. The lowest BCUT2D eigenvalue weighted by Crippen LogP contribution is -2.57. The van der Waals surface area contributed by atoms with Crippen molar-refractivity contribution in [2.24, 2.45) is 0 Å². The van der Waals surface area contributed by atoms with Gasteiger partial charge in [-0.2, -0.15) is 0 Å². The molecule has 1 aliphatic rings. The monoisotopic (exact) mass is 268 g/mol. The van der Waals surface area contributed by atoms with Crippen molar-refractivity contribution >= 4 is 5.97 Å². The van der Waals surface area contributed by atoms with Crippen molar-refractivity contribution in [3.8, 4) is 0 Å². The normalized spacial score (nSPS) is 34.8. The summed E-state index contributed by atoms with van der Waals surface area (Å²) in [4.78, 5) is 11.8. The van der Waals surface area contributed by atoms with Crippen LogP contribution in [0.25, 0.3) is 0 Å². The van der Waals surface area contributed by atoms with Gasteiger partial charge in [0, 0.05) is 0 Å². The van der Waals surface area contributed by atoms with E-state index in [4.69, 9.17) is 9.47 Å². The first-order valence-electron chi connectivity index (χ1n) is 5.96. The summed E-state index contributed by atoms with van der Waals surface area (Å²) in [7, 11) is 0. The molecule has 0 spiro atoms. The SMILES string of the molecule is CC1OC(OC(=O)c2ccccc2)C(O)C(O)C1O. The van der Waals surface area contributed by atoms with Crippen LogP contribution in [0.15, 0.2) is 30.3 Å². The number of aliphatic hydroxyl groups excluding tert-OH is 3. The van der Waals surface area contributed by atoms with Crippen LogP contribution >= 0.6 is 0 Å². The van der Waals surface area contributed by atoms with Gasteiger partial charge in [-0.15, -0.1) is 0 Å². The molecule has 1 saturated heterocycles. The fourth-order valence-electron chi connectivity index (χ4n) is 1.86. The summed E-state index contributed by atoms with van der Waals surface area (Å²) in [6.07, 6.45) is -6.18. The number of carbonyl (C=O) groups is 1. The molecule has 0 radical (unpaired) electrons. The van der Waals surface area contributed by atoms with Gasteiger partial charge in [-0.1, -0.05) is 18.2 Å². The summed E-state index contributed by atoms with van der Waals surface area (Å²) in [5.41, 5.74) is 0.312. The van der Waals surface area contributed by atoms with Crippen LogP contribution in [0.3, 0.4) is 0 Å². The number of benzene rings is 1.